The highest BCUT2D eigenvalue weighted by Gasteiger charge is 2.55. The molecule has 0 aliphatic heterocycles. The van der Waals surface area contributed by atoms with Crippen LogP contribution in [0.4, 0.5) is 22.7 Å². The Morgan fingerprint density at radius 3 is 1.34 bits per heavy atom. The van der Waals surface area contributed by atoms with Gasteiger partial charge >= 0.3 is 0 Å². The Labute approximate surface area is 279 Å². The third-order valence-electron chi connectivity index (χ3n) is 11.5. The molecule has 0 radical (unpaired) electrons. The first-order valence-corrected chi connectivity index (χ1v) is 17.1. The fraction of sp³-hybridized carbons (Fsp3) is 0.200. The van der Waals surface area contributed by atoms with Crippen molar-refractivity contribution < 1.29 is 0 Å². The van der Waals surface area contributed by atoms with Crippen molar-refractivity contribution in [2.24, 2.45) is 0 Å². The normalized spacial score (nSPS) is 20.7. The van der Waals surface area contributed by atoms with Gasteiger partial charge < -0.3 is 9.80 Å². The lowest BCUT2D eigenvalue weighted by atomic mass is 9.65. The molecule has 0 amide bonds. The Balaban J connectivity index is 1.16. The molecule has 0 heterocycles. The first-order valence-electron chi connectivity index (χ1n) is 17.1. The van der Waals surface area contributed by atoms with Gasteiger partial charge in [-0.1, -0.05) is 112 Å². The van der Waals surface area contributed by atoms with E-state index in [1.165, 1.54) is 67.3 Å². The summed E-state index contributed by atoms with van der Waals surface area (Å²) < 4.78 is 0. The van der Waals surface area contributed by atoms with E-state index < -0.39 is 0 Å². The number of rotatable bonds is 7. The molecular weight excluding hydrogens is 569 g/mol. The molecule has 0 saturated heterocycles. The summed E-state index contributed by atoms with van der Waals surface area (Å²) in [6.07, 6.45) is 2.07. The fourth-order valence-corrected chi connectivity index (χ4v) is 8.98. The fourth-order valence-electron chi connectivity index (χ4n) is 8.98. The third-order valence-corrected chi connectivity index (χ3v) is 11.5. The maximum absolute atomic E-state index is 2.60. The Bertz CT molecular complexity index is 2060. The molecule has 0 fully saturated rings. The number of anilines is 4. The van der Waals surface area contributed by atoms with Gasteiger partial charge in [0.1, 0.15) is 0 Å². The number of hydrogen-bond acceptors (Lipinski definition) is 2. The molecular formula is C45H40N2. The maximum atomic E-state index is 2.60. The Hall–Kier alpha value is -5.08. The van der Waals surface area contributed by atoms with Gasteiger partial charge in [-0.15, -0.1) is 0 Å². The van der Waals surface area contributed by atoms with Gasteiger partial charge in [-0.25, -0.2) is 0 Å². The Morgan fingerprint density at radius 2 is 0.872 bits per heavy atom. The zero-order valence-electron chi connectivity index (χ0n) is 27.7. The zero-order valence-corrected chi connectivity index (χ0v) is 27.7. The summed E-state index contributed by atoms with van der Waals surface area (Å²) in [7, 11) is 0. The van der Waals surface area contributed by atoms with E-state index in [1.807, 2.05) is 0 Å². The minimum absolute atomic E-state index is 0.0875. The topological polar surface area (TPSA) is 6.48 Å². The average Bonchev–Trinajstić information content (AvgIpc) is 3.62. The molecule has 2 atom stereocenters. The molecule has 0 N–H and O–H groups in total. The lowest BCUT2D eigenvalue weighted by molar-refractivity contribution is 0.362. The van der Waals surface area contributed by atoms with Crippen molar-refractivity contribution in [3.05, 3.63) is 179 Å². The van der Waals surface area contributed by atoms with Crippen molar-refractivity contribution in [2.45, 2.75) is 57.0 Å². The number of benzene rings is 6. The number of hydrogen-bond donors (Lipinski definition) is 0. The minimum atomic E-state index is -0.188. The molecule has 2 unspecified atom stereocenters. The van der Waals surface area contributed by atoms with Gasteiger partial charge in [0.15, 0.2) is 0 Å². The molecule has 9 rings (SSSR count). The van der Waals surface area contributed by atoms with Gasteiger partial charge in [-0.05, 0) is 112 Å². The summed E-state index contributed by atoms with van der Waals surface area (Å²) >= 11 is 0. The van der Waals surface area contributed by atoms with Crippen LogP contribution in [0.3, 0.4) is 0 Å². The van der Waals surface area contributed by atoms with Crippen molar-refractivity contribution in [3.8, 4) is 11.1 Å². The van der Waals surface area contributed by atoms with Gasteiger partial charge in [0.2, 0.25) is 0 Å². The average molecular weight is 609 g/mol. The lowest BCUT2D eigenvalue weighted by Crippen LogP contribution is -2.51. The second-order valence-corrected chi connectivity index (χ2v) is 14.3. The number of para-hydroxylation sites is 4. The van der Waals surface area contributed by atoms with E-state index >= 15 is 0 Å². The van der Waals surface area contributed by atoms with Crippen LogP contribution in [0.1, 0.15) is 67.5 Å². The minimum Gasteiger partial charge on any atom is -0.331 e. The highest BCUT2D eigenvalue weighted by atomic mass is 15.2. The van der Waals surface area contributed by atoms with Crippen LogP contribution >= 0.6 is 0 Å². The van der Waals surface area contributed by atoms with Crippen LogP contribution in [0.25, 0.3) is 11.1 Å². The second-order valence-electron chi connectivity index (χ2n) is 14.3. The van der Waals surface area contributed by atoms with E-state index in [0.29, 0.717) is 0 Å². The van der Waals surface area contributed by atoms with Gasteiger partial charge in [0, 0.05) is 34.6 Å². The molecule has 6 aromatic rings. The van der Waals surface area contributed by atoms with Crippen molar-refractivity contribution >= 4 is 22.7 Å². The predicted octanol–water partition coefficient (Wildman–Crippen LogP) is 11.4. The summed E-state index contributed by atoms with van der Waals surface area (Å²) in [4.78, 5) is 5.12. The van der Waals surface area contributed by atoms with Crippen LogP contribution in [-0.2, 0) is 22.9 Å². The SMILES string of the molecule is CCC1(N(c2ccccc2)c2ccccc2)Cc2cc3c(cc21)C(C)(C)c1cc2c(cc1-3)C2(C)N(c1ccccc1)c1ccccc1. The summed E-state index contributed by atoms with van der Waals surface area (Å²) in [5, 5.41) is 0. The molecule has 0 saturated carbocycles. The van der Waals surface area contributed by atoms with Crippen molar-refractivity contribution in [3.63, 3.8) is 0 Å². The molecule has 3 aliphatic carbocycles. The standard InChI is InChI=1S/C45H40N2/c1-5-45(47(34-22-14-8-15-23-34)35-24-16-9-17-25-35)30-31-26-36-37-27-41-42(29-40(37)43(2,3)39(36)28-38(31)45)44(41,4)46(32-18-10-6-11-19-32)33-20-12-7-13-21-33/h6-29H,5,30H2,1-4H3. The molecule has 230 valence electrons. The van der Waals surface area contributed by atoms with Gasteiger partial charge in [-0.2, -0.15) is 0 Å². The van der Waals surface area contributed by atoms with Gasteiger partial charge in [0.25, 0.3) is 0 Å². The highest BCUT2D eigenvalue weighted by Crippen LogP contribution is 2.62. The first kappa shape index (κ1) is 28.2. The van der Waals surface area contributed by atoms with Crippen molar-refractivity contribution in [2.75, 3.05) is 9.80 Å². The Kier molecular flexibility index (Phi) is 5.97. The van der Waals surface area contributed by atoms with E-state index in [-0.39, 0.29) is 16.5 Å². The summed E-state index contributed by atoms with van der Waals surface area (Å²) in [5.41, 5.74) is 16.1. The van der Waals surface area contributed by atoms with E-state index in [9.17, 15) is 0 Å². The molecule has 3 aliphatic rings. The lowest BCUT2D eigenvalue weighted by Gasteiger charge is -2.53. The quantitative estimate of drug-likeness (QED) is 0.178. The second kappa shape index (κ2) is 9.96. The molecule has 47 heavy (non-hydrogen) atoms. The maximum Gasteiger partial charge on any atom is 0.0934 e. The van der Waals surface area contributed by atoms with E-state index in [4.69, 9.17) is 0 Å². The summed E-state index contributed by atoms with van der Waals surface area (Å²) in [6, 6.07) is 53.8. The molecule has 0 bridgehead atoms. The van der Waals surface area contributed by atoms with Crippen LogP contribution in [0.15, 0.2) is 146 Å². The third kappa shape index (κ3) is 3.85. The van der Waals surface area contributed by atoms with Crippen molar-refractivity contribution in [1.82, 2.24) is 0 Å². The van der Waals surface area contributed by atoms with E-state index in [2.05, 4.69) is 183 Å². The monoisotopic (exact) mass is 608 g/mol. The summed E-state index contributed by atoms with van der Waals surface area (Å²) in [5.74, 6) is 0. The van der Waals surface area contributed by atoms with Crippen molar-refractivity contribution in [1.29, 1.82) is 0 Å². The van der Waals surface area contributed by atoms with Crippen LogP contribution < -0.4 is 9.80 Å². The van der Waals surface area contributed by atoms with Crippen LogP contribution in [0, 0.1) is 0 Å². The smallest absolute Gasteiger partial charge is 0.0934 e. The predicted molar refractivity (Wildman–Crippen MR) is 196 cm³/mol. The van der Waals surface area contributed by atoms with E-state index in [1.54, 1.807) is 0 Å². The number of fused-ring (bicyclic) bond motifs is 5. The summed E-state index contributed by atoms with van der Waals surface area (Å²) in [6.45, 7) is 9.62. The van der Waals surface area contributed by atoms with Crippen LogP contribution in [0.2, 0.25) is 0 Å². The number of nitrogens with zero attached hydrogens (tertiary/aromatic N) is 2. The first-order chi connectivity index (χ1) is 22.9. The highest BCUT2D eigenvalue weighted by molar-refractivity contribution is 5.88. The van der Waals surface area contributed by atoms with Crippen LogP contribution in [0.5, 0.6) is 0 Å². The largest absolute Gasteiger partial charge is 0.331 e. The molecule has 0 spiro atoms. The van der Waals surface area contributed by atoms with Crippen LogP contribution in [-0.4, -0.2) is 0 Å². The molecule has 2 nitrogen and oxygen atoms in total. The zero-order chi connectivity index (χ0) is 32.0. The molecule has 0 aromatic heterocycles. The van der Waals surface area contributed by atoms with E-state index in [0.717, 1.165) is 12.8 Å². The molecule has 2 heteroatoms. The Morgan fingerprint density at radius 1 is 0.468 bits per heavy atom. The van der Waals surface area contributed by atoms with Gasteiger partial charge in [0.05, 0.1) is 11.1 Å². The molecule has 6 aromatic carbocycles. The van der Waals surface area contributed by atoms with Gasteiger partial charge in [-0.3, -0.25) is 0 Å².